The molecule has 0 saturated carbocycles. The Morgan fingerprint density at radius 1 is 1.00 bits per heavy atom. The van der Waals surface area contributed by atoms with E-state index in [4.69, 9.17) is 27.9 Å². The molecule has 0 bridgehead atoms. The molecule has 20 heavy (non-hydrogen) atoms. The maximum Gasteiger partial charge on any atom is 0.133 e. The van der Waals surface area contributed by atoms with Crippen LogP contribution in [0.5, 0.6) is 11.5 Å². The highest BCUT2D eigenvalue weighted by Gasteiger charge is 2.08. The zero-order chi connectivity index (χ0) is 14.5. The number of nitrogens with one attached hydrogen (secondary N) is 1. The SMILES string of the molecule is CCNCc1ccc(Cl)cc1Oc1ccc(Cl)cc1C. The molecule has 2 nitrogen and oxygen atoms in total. The topological polar surface area (TPSA) is 21.3 Å². The van der Waals surface area contributed by atoms with Crippen molar-refractivity contribution in [3.63, 3.8) is 0 Å². The summed E-state index contributed by atoms with van der Waals surface area (Å²) in [5.41, 5.74) is 2.07. The Hall–Kier alpha value is -1.22. The van der Waals surface area contributed by atoms with Gasteiger partial charge in [0.1, 0.15) is 11.5 Å². The van der Waals surface area contributed by atoms with Crippen molar-refractivity contribution < 1.29 is 4.74 Å². The van der Waals surface area contributed by atoms with Crippen LogP contribution in [0.25, 0.3) is 0 Å². The number of halogens is 2. The van der Waals surface area contributed by atoms with Gasteiger partial charge in [0.15, 0.2) is 0 Å². The summed E-state index contributed by atoms with van der Waals surface area (Å²) in [6.07, 6.45) is 0. The van der Waals surface area contributed by atoms with Crippen molar-refractivity contribution >= 4 is 23.2 Å². The maximum atomic E-state index is 6.06. The van der Waals surface area contributed by atoms with Gasteiger partial charge in [-0.25, -0.2) is 0 Å². The van der Waals surface area contributed by atoms with Crippen LogP contribution >= 0.6 is 23.2 Å². The van der Waals surface area contributed by atoms with Gasteiger partial charge in [0.05, 0.1) is 0 Å². The summed E-state index contributed by atoms with van der Waals surface area (Å²) >= 11 is 12.0. The Balaban J connectivity index is 2.29. The van der Waals surface area contributed by atoms with E-state index in [9.17, 15) is 0 Å². The maximum absolute atomic E-state index is 6.06. The summed E-state index contributed by atoms with van der Waals surface area (Å²) in [5, 5.41) is 4.65. The molecule has 0 amide bonds. The zero-order valence-electron chi connectivity index (χ0n) is 11.5. The molecule has 0 fully saturated rings. The minimum Gasteiger partial charge on any atom is -0.457 e. The highest BCUT2D eigenvalue weighted by atomic mass is 35.5. The van der Waals surface area contributed by atoms with Crippen LogP contribution in [-0.4, -0.2) is 6.54 Å². The van der Waals surface area contributed by atoms with Gasteiger partial charge in [-0.15, -0.1) is 0 Å². The molecule has 1 N–H and O–H groups in total. The van der Waals surface area contributed by atoms with E-state index in [2.05, 4.69) is 12.2 Å². The third-order valence-electron chi connectivity index (χ3n) is 2.95. The number of rotatable bonds is 5. The van der Waals surface area contributed by atoms with Crippen molar-refractivity contribution in [3.8, 4) is 11.5 Å². The van der Waals surface area contributed by atoms with Crippen molar-refractivity contribution in [1.82, 2.24) is 5.32 Å². The number of ether oxygens (including phenoxy) is 1. The first-order valence-electron chi connectivity index (χ1n) is 6.53. The van der Waals surface area contributed by atoms with Crippen LogP contribution in [0, 0.1) is 6.92 Å². The van der Waals surface area contributed by atoms with Gasteiger partial charge in [0.2, 0.25) is 0 Å². The van der Waals surface area contributed by atoms with Crippen molar-refractivity contribution in [1.29, 1.82) is 0 Å². The number of aryl methyl sites for hydroxylation is 1. The Bertz CT molecular complexity index is 599. The molecule has 0 aliphatic rings. The first kappa shape index (κ1) is 15.2. The normalized spacial score (nSPS) is 10.6. The molecule has 0 radical (unpaired) electrons. The molecule has 0 unspecified atom stereocenters. The lowest BCUT2D eigenvalue weighted by molar-refractivity contribution is 0.470. The summed E-state index contributed by atoms with van der Waals surface area (Å²) in [6, 6.07) is 11.3. The van der Waals surface area contributed by atoms with E-state index in [0.29, 0.717) is 10.0 Å². The van der Waals surface area contributed by atoms with E-state index < -0.39 is 0 Å². The summed E-state index contributed by atoms with van der Waals surface area (Å²) in [6.45, 7) is 5.69. The van der Waals surface area contributed by atoms with Gasteiger partial charge in [-0.3, -0.25) is 0 Å². The minimum absolute atomic E-state index is 0.659. The van der Waals surface area contributed by atoms with Gasteiger partial charge in [-0.2, -0.15) is 0 Å². The highest BCUT2D eigenvalue weighted by Crippen LogP contribution is 2.31. The molecule has 2 aromatic rings. The molecule has 4 heteroatoms. The lowest BCUT2D eigenvalue weighted by atomic mass is 10.2. The van der Waals surface area contributed by atoms with Gasteiger partial charge in [-0.1, -0.05) is 36.2 Å². The second-order valence-corrected chi connectivity index (χ2v) is 5.42. The molecule has 106 valence electrons. The smallest absolute Gasteiger partial charge is 0.133 e. The van der Waals surface area contributed by atoms with Gasteiger partial charge < -0.3 is 10.1 Å². The molecule has 0 atom stereocenters. The molecule has 2 aromatic carbocycles. The molecule has 0 aliphatic heterocycles. The standard InChI is InChI=1S/C16H17Cl2NO/c1-3-19-10-12-4-5-14(18)9-16(12)20-15-7-6-13(17)8-11(15)2/h4-9,19H,3,10H2,1-2H3. The van der Waals surface area contributed by atoms with Crippen molar-refractivity contribution in [2.45, 2.75) is 20.4 Å². The van der Waals surface area contributed by atoms with Crippen molar-refractivity contribution in [3.05, 3.63) is 57.6 Å². The van der Waals surface area contributed by atoms with E-state index in [0.717, 1.165) is 35.7 Å². The van der Waals surface area contributed by atoms with Crippen LogP contribution in [-0.2, 0) is 6.54 Å². The largest absolute Gasteiger partial charge is 0.457 e. The van der Waals surface area contributed by atoms with Gasteiger partial charge in [-0.05, 0) is 49.4 Å². The number of hydrogen-bond acceptors (Lipinski definition) is 2. The molecule has 0 aromatic heterocycles. The third kappa shape index (κ3) is 3.89. The van der Waals surface area contributed by atoms with Gasteiger partial charge in [0, 0.05) is 22.2 Å². The molecular weight excluding hydrogens is 293 g/mol. The van der Waals surface area contributed by atoms with E-state index in [1.165, 1.54) is 0 Å². The van der Waals surface area contributed by atoms with Crippen LogP contribution in [0.3, 0.4) is 0 Å². The Morgan fingerprint density at radius 3 is 2.40 bits per heavy atom. The van der Waals surface area contributed by atoms with Crippen LogP contribution in [0.1, 0.15) is 18.1 Å². The zero-order valence-corrected chi connectivity index (χ0v) is 13.1. The summed E-state index contributed by atoms with van der Waals surface area (Å²) in [7, 11) is 0. The third-order valence-corrected chi connectivity index (χ3v) is 3.42. The van der Waals surface area contributed by atoms with E-state index >= 15 is 0 Å². The van der Waals surface area contributed by atoms with Crippen molar-refractivity contribution in [2.75, 3.05) is 6.54 Å². The molecule has 0 saturated heterocycles. The summed E-state index contributed by atoms with van der Waals surface area (Å²) in [4.78, 5) is 0. The Kier molecular flexibility index (Phi) is 5.30. The highest BCUT2D eigenvalue weighted by molar-refractivity contribution is 6.31. The number of hydrogen-bond donors (Lipinski definition) is 1. The Morgan fingerprint density at radius 2 is 1.70 bits per heavy atom. The van der Waals surface area contributed by atoms with E-state index in [1.54, 1.807) is 0 Å². The van der Waals surface area contributed by atoms with Crippen molar-refractivity contribution in [2.24, 2.45) is 0 Å². The number of benzene rings is 2. The quantitative estimate of drug-likeness (QED) is 0.819. The minimum atomic E-state index is 0.659. The summed E-state index contributed by atoms with van der Waals surface area (Å²) < 4.78 is 5.99. The van der Waals surface area contributed by atoms with E-state index in [-0.39, 0.29) is 0 Å². The fourth-order valence-electron chi connectivity index (χ4n) is 1.87. The second-order valence-electron chi connectivity index (χ2n) is 4.54. The first-order valence-corrected chi connectivity index (χ1v) is 7.29. The summed E-state index contributed by atoms with van der Waals surface area (Å²) in [5.74, 6) is 1.55. The predicted octanol–water partition coefficient (Wildman–Crippen LogP) is 5.20. The monoisotopic (exact) mass is 309 g/mol. The lowest BCUT2D eigenvalue weighted by Crippen LogP contribution is -2.12. The van der Waals surface area contributed by atoms with Crippen LogP contribution < -0.4 is 10.1 Å². The molecule has 2 rings (SSSR count). The first-order chi connectivity index (χ1) is 9.60. The molecule has 0 aliphatic carbocycles. The molecular formula is C16H17Cl2NO. The van der Waals surface area contributed by atoms with Gasteiger partial charge >= 0.3 is 0 Å². The molecule has 0 heterocycles. The van der Waals surface area contributed by atoms with Crippen LogP contribution in [0.15, 0.2) is 36.4 Å². The van der Waals surface area contributed by atoms with Gasteiger partial charge in [0.25, 0.3) is 0 Å². The fraction of sp³-hybridized carbons (Fsp3) is 0.250. The second kappa shape index (κ2) is 6.98. The average molecular weight is 310 g/mol. The lowest BCUT2D eigenvalue weighted by Gasteiger charge is -2.14. The fourth-order valence-corrected chi connectivity index (χ4v) is 2.26. The van der Waals surface area contributed by atoms with E-state index in [1.807, 2.05) is 43.3 Å². The predicted molar refractivity (Wildman–Crippen MR) is 85.1 cm³/mol. The van der Waals surface area contributed by atoms with Crippen LogP contribution in [0.2, 0.25) is 10.0 Å². The average Bonchev–Trinajstić information content (AvgIpc) is 2.41. The Labute approximate surface area is 129 Å². The molecule has 0 spiro atoms. The van der Waals surface area contributed by atoms with Crippen LogP contribution in [0.4, 0.5) is 0 Å².